The predicted octanol–water partition coefficient (Wildman–Crippen LogP) is 4.40. The Morgan fingerprint density at radius 2 is 1.65 bits per heavy atom. The first-order chi connectivity index (χ1) is 11.0. The fraction of sp³-hybridized carbons (Fsp3) is 0.375. The van der Waals surface area contributed by atoms with Crippen LogP contribution in [0.1, 0.15) is 49.3 Å². The molecular formula is C16H18N4O2S. The second kappa shape index (κ2) is 6.54. The maximum Gasteiger partial charge on any atom is 0.277 e. The molecule has 0 spiro atoms. The van der Waals surface area contributed by atoms with Crippen molar-refractivity contribution >= 4 is 11.8 Å². The Hall–Kier alpha value is -2.15. The normalized spacial score (nSPS) is 12.7. The zero-order valence-electron chi connectivity index (χ0n) is 13.5. The summed E-state index contributed by atoms with van der Waals surface area (Å²) in [7, 11) is 0. The largest absolute Gasteiger partial charge is 0.424 e. The molecule has 0 saturated heterocycles. The van der Waals surface area contributed by atoms with Crippen molar-refractivity contribution in [1.82, 2.24) is 20.4 Å². The fourth-order valence-electron chi connectivity index (χ4n) is 2.06. The molecule has 3 rings (SSSR count). The van der Waals surface area contributed by atoms with Crippen LogP contribution in [0.2, 0.25) is 0 Å². The molecule has 0 amide bonds. The van der Waals surface area contributed by atoms with Crippen molar-refractivity contribution in [3.63, 3.8) is 0 Å². The highest BCUT2D eigenvalue weighted by molar-refractivity contribution is 7.99. The first-order valence-corrected chi connectivity index (χ1v) is 8.31. The van der Waals surface area contributed by atoms with Crippen molar-refractivity contribution in [2.24, 2.45) is 0 Å². The van der Waals surface area contributed by atoms with E-state index in [9.17, 15) is 0 Å². The van der Waals surface area contributed by atoms with Gasteiger partial charge in [-0.15, -0.1) is 20.4 Å². The van der Waals surface area contributed by atoms with Gasteiger partial charge in [-0.25, -0.2) is 0 Å². The summed E-state index contributed by atoms with van der Waals surface area (Å²) in [6.45, 7) is 8.05. The molecule has 0 bridgehead atoms. The molecule has 3 aromatic rings. The van der Waals surface area contributed by atoms with Crippen LogP contribution >= 0.6 is 11.8 Å². The molecule has 1 aromatic carbocycles. The van der Waals surface area contributed by atoms with Crippen LogP contribution in [0.3, 0.4) is 0 Å². The number of thioether (sulfide) groups is 1. The van der Waals surface area contributed by atoms with Gasteiger partial charge in [-0.05, 0) is 30.5 Å². The van der Waals surface area contributed by atoms with Gasteiger partial charge in [0.15, 0.2) is 0 Å². The molecule has 7 heteroatoms. The third-order valence-electron chi connectivity index (χ3n) is 3.40. The number of aromatic nitrogens is 4. The van der Waals surface area contributed by atoms with E-state index in [-0.39, 0.29) is 5.25 Å². The first kappa shape index (κ1) is 15.7. The van der Waals surface area contributed by atoms with Gasteiger partial charge in [0, 0.05) is 12.5 Å². The number of rotatable bonds is 5. The van der Waals surface area contributed by atoms with Gasteiger partial charge in [0.05, 0.1) is 5.25 Å². The van der Waals surface area contributed by atoms with Crippen molar-refractivity contribution in [2.45, 2.75) is 44.1 Å². The molecule has 120 valence electrons. The topological polar surface area (TPSA) is 77.8 Å². The molecular weight excluding hydrogens is 312 g/mol. The summed E-state index contributed by atoms with van der Waals surface area (Å²) in [5.41, 5.74) is 2.19. The second-order valence-corrected chi connectivity index (χ2v) is 6.86. The summed E-state index contributed by atoms with van der Waals surface area (Å²) in [5.74, 6) is 2.10. The minimum atomic E-state index is -0.0483. The van der Waals surface area contributed by atoms with Crippen molar-refractivity contribution in [2.75, 3.05) is 0 Å². The van der Waals surface area contributed by atoms with E-state index in [0.29, 0.717) is 28.8 Å². The first-order valence-electron chi connectivity index (χ1n) is 7.43. The Balaban J connectivity index is 1.72. The minimum Gasteiger partial charge on any atom is -0.424 e. The lowest BCUT2D eigenvalue weighted by atomic mass is 10.0. The maximum atomic E-state index is 5.72. The Bertz CT molecular complexity index is 779. The Morgan fingerprint density at radius 1 is 0.913 bits per heavy atom. The molecule has 1 atom stereocenters. The lowest BCUT2D eigenvalue weighted by molar-refractivity contribution is 0.454. The summed E-state index contributed by atoms with van der Waals surface area (Å²) in [6, 6.07) is 8.17. The highest BCUT2D eigenvalue weighted by atomic mass is 32.2. The summed E-state index contributed by atoms with van der Waals surface area (Å²) in [4.78, 5) is 0. The summed E-state index contributed by atoms with van der Waals surface area (Å²) < 4.78 is 11.1. The van der Waals surface area contributed by atoms with Gasteiger partial charge in [-0.1, -0.05) is 37.7 Å². The zero-order valence-corrected chi connectivity index (χ0v) is 14.3. The zero-order chi connectivity index (χ0) is 16.4. The summed E-state index contributed by atoms with van der Waals surface area (Å²) in [5, 5.41) is 16.5. The van der Waals surface area contributed by atoms with E-state index >= 15 is 0 Å². The van der Waals surface area contributed by atoms with Gasteiger partial charge in [0.2, 0.25) is 17.7 Å². The summed E-state index contributed by atoms with van der Waals surface area (Å²) in [6.07, 6.45) is 0. The van der Waals surface area contributed by atoms with Crippen molar-refractivity contribution < 1.29 is 8.83 Å². The predicted molar refractivity (Wildman–Crippen MR) is 87.1 cm³/mol. The molecule has 0 aliphatic rings. The van der Waals surface area contributed by atoms with Crippen LogP contribution in [0, 0.1) is 6.92 Å². The van der Waals surface area contributed by atoms with E-state index in [1.807, 2.05) is 19.1 Å². The molecule has 0 aliphatic heterocycles. The quantitative estimate of drug-likeness (QED) is 0.641. The van der Waals surface area contributed by atoms with E-state index in [1.165, 1.54) is 17.3 Å². The molecule has 6 nitrogen and oxygen atoms in total. The molecule has 23 heavy (non-hydrogen) atoms. The van der Waals surface area contributed by atoms with Crippen molar-refractivity contribution in [3.8, 4) is 11.5 Å². The van der Waals surface area contributed by atoms with E-state index in [1.54, 1.807) is 6.92 Å². The molecule has 0 aliphatic carbocycles. The van der Waals surface area contributed by atoms with Crippen LogP contribution in [0.5, 0.6) is 0 Å². The third-order valence-corrected chi connectivity index (χ3v) is 4.32. The monoisotopic (exact) mass is 330 g/mol. The molecule has 0 N–H and O–H groups in total. The Kier molecular flexibility index (Phi) is 4.47. The standard InChI is InChI=1S/C16H18N4O2S/c1-9(2)12-5-7-13(8-6-12)15-19-20-16(22-15)23-10(3)14-18-17-11(4)21-14/h5-10H,1-4H3/t10-/m1/s1. The third kappa shape index (κ3) is 3.61. The smallest absolute Gasteiger partial charge is 0.277 e. The number of nitrogens with zero attached hydrogens (tertiary/aromatic N) is 4. The van der Waals surface area contributed by atoms with Crippen LogP contribution in [0.4, 0.5) is 0 Å². The van der Waals surface area contributed by atoms with Gasteiger partial charge in [-0.2, -0.15) is 0 Å². The molecule has 0 unspecified atom stereocenters. The summed E-state index contributed by atoms with van der Waals surface area (Å²) >= 11 is 1.40. The minimum absolute atomic E-state index is 0.0483. The van der Waals surface area contributed by atoms with Gasteiger partial charge >= 0.3 is 0 Å². The molecule has 0 fully saturated rings. The lowest BCUT2D eigenvalue weighted by Crippen LogP contribution is -1.88. The van der Waals surface area contributed by atoms with E-state index < -0.39 is 0 Å². The number of hydrogen-bond donors (Lipinski definition) is 0. The van der Waals surface area contributed by atoms with Crippen LogP contribution < -0.4 is 0 Å². The maximum absolute atomic E-state index is 5.72. The molecule has 0 radical (unpaired) electrons. The lowest BCUT2D eigenvalue weighted by Gasteiger charge is -2.04. The Labute approximate surface area is 138 Å². The average molecular weight is 330 g/mol. The van der Waals surface area contributed by atoms with Gasteiger partial charge in [0.25, 0.3) is 5.22 Å². The number of hydrogen-bond acceptors (Lipinski definition) is 7. The highest BCUT2D eigenvalue weighted by Crippen LogP contribution is 2.34. The van der Waals surface area contributed by atoms with Gasteiger partial charge in [-0.3, -0.25) is 0 Å². The van der Waals surface area contributed by atoms with Crippen LogP contribution in [0.25, 0.3) is 11.5 Å². The fourth-order valence-corrected chi connectivity index (χ4v) is 2.78. The van der Waals surface area contributed by atoms with Crippen LogP contribution in [0.15, 0.2) is 38.3 Å². The average Bonchev–Trinajstić information content (AvgIpc) is 3.16. The second-order valence-electron chi connectivity index (χ2n) is 5.57. The molecule has 2 aromatic heterocycles. The molecule has 0 saturated carbocycles. The van der Waals surface area contributed by atoms with Crippen LogP contribution in [-0.2, 0) is 0 Å². The van der Waals surface area contributed by atoms with Crippen LogP contribution in [-0.4, -0.2) is 20.4 Å². The highest BCUT2D eigenvalue weighted by Gasteiger charge is 2.18. The number of benzene rings is 1. The van der Waals surface area contributed by atoms with E-state index in [2.05, 4.69) is 46.4 Å². The molecule has 2 heterocycles. The van der Waals surface area contributed by atoms with Crippen molar-refractivity contribution in [3.05, 3.63) is 41.6 Å². The SMILES string of the molecule is Cc1nnc([C@@H](C)Sc2nnc(-c3ccc(C(C)C)cc3)o2)o1. The van der Waals surface area contributed by atoms with Gasteiger partial charge < -0.3 is 8.83 Å². The Morgan fingerprint density at radius 3 is 2.26 bits per heavy atom. The number of aryl methyl sites for hydroxylation is 1. The van der Waals surface area contributed by atoms with Crippen molar-refractivity contribution in [1.29, 1.82) is 0 Å². The van der Waals surface area contributed by atoms with E-state index in [4.69, 9.17) is 8.83 Å². The van der Waals surface area contributed by atoms with E-state index in [0.717, 1.165) is 5.56 Å². The van der Waals surface area contributed by atoms with Gasteiger partial charge in [0.1, 0.15) is 0 Å².